The average Bonchev–Trinajstić information content (AvgIpc) is 3.12. The maximum atomic E-state index is 12.3. The number of benzene rings is 3. The number of aromatic nitrogens is 1. The molecule has 3 aromatic carbocycles. The van der Waals surface area contributed by atoms with Crippen LogP contribution in [0.5, 0.6) is 11.5 Å². The Morgan fingerprint density at radius 3 is 2.55 bits per heavy atom. The molecule has 0 radical (unpaired) electrons. The molecule has 0 atom stereocenters. The second-order valence-corrected chi connectivity index (χ2v) is 6.87. The first-order chi connectivity index (χ1) is 15.1. The number of anilines is 1. The molecule has 1 heterocycles. The van der Waals surface area contributed by atoms with Gasteiger partial charge < -0.3 is 14.0 Å². The lowest BCUT2D eigenvalue weighted by Gasteiger charge is -2.11. The molecule has 0 aliphatic rings. The van der Waals surface area contributed by atoms with E-state index in [1.807, 2.05) is 49.4 Å². The molecule has 6 nitrogen and oxygen atoms in total. The molecule has 1 amide bonds. The Labute approximate surface area is 180 Å². The first-order valence-corrected chi connectivity index (χ1v) is 9.89. The fraction of sp³-hybridized carbons (Fsp3) is 0.120. The Hall–Kier alpha value is -4.24. The summed E-state index contributed by atoms with van der Waals surface area (Å²) in [4.78, 5) is 12.3. The van der Waals surface area contributed by atoms with Gasteiger partial charge >= 0.3 is 6.09 Å². The van der Waals surface area contributed by atoms with E-state index in [0.717, 1.165) is 27.9 Å². The van der Waals surface area contributed by atoms with E-state index >= 15 is 0 Å². The molecule has 1 N–H and O–H groups in total. The largest absolute Gasteiger partial charge is 0.497 e. The first kappa shape index (κ1) is 20.0. The number of nitrogens with one attached hydrogen (secondary N) is 1. The number of nitrogens with zero attached hydrogens (tertiary/aromatic N) is 2. The molecule has 0 aliphatic heterocycles. The van der Waals surface area contributed by atoms with Crippen molar-refractivity contribution in [1.82, 2.24) is 4.57 Å². The van der Waals surface area contributed by atoms with E-state index in [-0.39, 0.29) is 0 Å². The lowest BCUT2D eigenvalue weighted by molar-refractivity contribution is 0.215. The second kappa shape index (κ2) is 8.64. The van der Waals surface area contributed by atoms with E-state index < -0.39 is 6.09 Å². The zero-order valence-electron chi connectivity index (χ0n) is 17.3. The van der Waals surface area contributed by atoms with Crippen LogP contribution in [0.1, 0.15) is 12.5 Å². The van der Waals surface area contributed by atoms with Gasteiger partial charge in [0.05, 0.1) is 23.9 Å². The normalized spacial score (nSPS) is 10.5. The molecular formula is C25H21N3O3. The van der Waals surface area contributed by atoms with E-state index in [1.165, 1.54) is 0 Å². The van der Waals surface area contributed by atoms with Crippen LogP contribution in [-0.4, -0.2) is 17.8 Å². The zero-order valence-corrected chi connectivity index (χ0v) is 17.3. The third kappa shape index (κ3) is 3.94. The van der Waals surface area contributed by atoms with Crippen molar-refractivity contribution in [1.29, 1.82) is 5.26 Å². The second-order valence-electron chi connectivity index (χ2n) is 6.87. The third-order valence-electron chi connectivity index (χ3n) is 5.04. The number of hydrogen-bond acceptors (Lipinski definition) is 4. The van der Waals surface area contributed by atoms with Gasteiger partial charge in [-0.3, -0.25) is 5.32 Å². The quantitative estimate of drug-likeness (QED) is 0.449. The van der Waals surface area contributed by atoms with Crippen molar-refractivity contribution >= 4 is 22.7 Å². The molecule has 154 valence electrons. The fourth-order valence-electron chi connectivity index (χ4n) is 3.68. The van der Waals surface area contributed by atoms with Gasteiger partial charge in [-0.15, -0.1) is 0 Å². The van der Waals surface area contributed by atoms with Crippen LogP contribution in [0.3, 0.4) is 0 Å². The van der Waals surface area contributed by atoms with Crippen molar-refractivity contribution in [2.45, 2.75) is 13.5 Å². The van der Waals surface area contributed by atoms with Crippen molar-refractivity contribution in [2.24, 2.45) is 0 Å². The van der Waals surface area contributed by atoms with Crippen LogP contribution in [0, 0.1) is 11.3 Å². The van der Waals surface area contributed by atoms with Gasteiger partial charge in [-0.05, 0) is 43.3 Å². The van der Waals surface area contributed by atoms with Gasteiger partial charge in [0.2, 0.25) is 0 Å². The van der Waals surface area contributed by atoms with Crippen LogP contribution in [0.25, 0.3) is 22.2 Å². The maximum Gasteiger partial charge on any atom is 0.417 e. The molecule has 0 bridgehead atoms. The fourth-order valence-corrected chi connectivity index (χ4v) is 3.68. The summed E-state index contributed by atoms with van der Waals surface area (Å²) in [5.41, 5.74) is 3.71. The molecule has 0 saturated carbocycles. The van der Waals surface area contributed by atoms with Gasteiger partial charge in [0.1, 0.15) is 17.6 Å². The summed E-state index contributed by atoms with van der Waals surface area (Å²) in [7, 11) is 1.62. The highest BCUT2D eigenvalue weighted by Crippen LogP contribution is 2.36. The third-order valence-corrected chi connectivity index (χ3v) is 5.04. The lowest BCUT2D eigenvalue weighted by atomic mass is 10.1. The highest BCUT2D eigenvalue weighted by atomic mass is 16.6. The number of carbonyl (C=O) groups is 1. The van der Waals surface area contributed by atoms with Gasteiger partial charge in [-0.25, -0.2) is 4.79 Å². The molecular weight excluding hydrogens is 390 g/mol. The summed E-state index contributed by atoms with van der Waals surface area (Å²) >= 11 is 0. The molecule has 4 rings (SSSR count). The zero-order chi connectivity index (χ0) is 21.8. The summed E-state index contributed by atoms with van der Waals surface area (Å²) in [5.74, 6) is 1.19. The number of ether oxygens (including phenoxy) is 2. The van der Waals surface area contributed by atoms with Crippen molar-refractivity contribution < 1.29 is 14.3 Å². The lowest BCUT2D eigenvalue weighted by Crippen LogP contribution is -2.16. The molecule has 6 heteroatoms. The Morgan fingerprint density at radius 2 is 1.84 bits per heavy atom. The molecule has 4 aromatic rings. The molecule has 0 unspecified atom stereocenters. The maximum absolute atomic E-state index is 12.3. The summed E-state index contributed by atoms with van der Waals surface area (Å²) in [6.07, 6.45) is -0.579. The highest BCUT2D eigenvalue weighted by Gasteiger charge is 2.19. The number of fused-ring (bicyclic) bond motifs is 1. The van der Waals surface area contributed by atoms with E-state index in [0.29, 0.717) is 23.5 Å². The van der Waals surface area contributed by atoms with Crippen LogP contribution in [0.15, 0.2) is 72.8 Å². The number of methoxy groups -OCH3 is 1. The molecule has 0 saturated heterocycles. The summed E-state index contributed by atoms with van der Waals surface area (Å²) in [6.45, 7) is 2.71. The molecule has 1 aromatic heterocycles. The summed E-state index contributed by atoms with van der Waals surface area (Å²) < 4.78 is 12.8. The monoisotopic (exact) mass is 411 g/mol. The SMILES string of the molecule is CCn1c(-c2cccc(NC(=O)Oc3ccccc3)c2)c(C#N)c2ccc(OC)cc21. The summed E-state index contributed by atoms with van der Waals surface area (Å²) in [5, 5.41) is 13.5. The van der Waals surface area contributed by atoms with E-state index in [1.54, 1.807) is 37.4 Å². The minimum atomic E-state index is -0.579. The van der Waals surface area contributed by atoms with Crippen molar-refractivity contribution in [3.63, 3.8) is 0 Å². The van der Waals surface area contributed by atoms with Gasteiger partial charge in [0.15, 0.2) is 0 Å². The standard InChI is InChI=1S/C25H21N3O3/c1-3-28-23-15-20(30-2)12-13-21(23)22(16-26)24(28)17-8-7-9-18(14-17)27-25(29)31-19-10-5-4-6-11-19/h4-15H,3H2,1-2H3,(H,27,29). The van der Waals surface area contributed by atoms with Crippen molar-refractivity contribution in [3.8, 4) is 28.8 Å². The van der Waals surface area contributed by atoms with E-state index in [4.69, 9.17) is 9.47 Å². The van der Waals surface area contributed by atoms with Gasteiger partial charge in [-0.1, -0.05) is 30.3 Å². The van der Waals surface area contributed by atoms with E-state index in [9.17, 15) is 10.1 Å². The van der Waals surface area contributed by atoms with Crippen LogP contribution < -0.4 is 14.8 Å². The predicted molar refractivity (Wildman–Crippen MR) is 120 cm³/mol. The van der Waals surface area contributed by atoms with Gasteiger partial charge in [0, 0.05) is 29.2 Å². The topological polar surface area (TPSA) is 76.3 Å². The Balaban J connectivity index is 1.72. The number of amides is 1. The number of hydrogen-bond donors (Lipinski definition) is 1. The number of rotatable bonds is 5. The van der Waals surface area contributed by atoms with Crippen LogP contribution >= 0.6 is 0 Å². The number of nitriles is 1. The van der Waals surface area contributed by atoms with Crippen LogP contribution in [-0.2, 0) is 6.54 Å². The van der Waals surface area contributed by atoms with Crippen molar-refractivity contribution in [2.75, 3.05) is 12.4 Å². The smallest absolute Gasteiger partial charge is 0.417 e. The first-order valence-electron chi connectivity index (χ1n) is 9.89. The Bertz CT molecular complexity index is 1290. The van der Waals surface area contributed by atoms with Gasteiger partial charge in [0.25, 0.3) is 0 Å². The van der Waals surface area contributed by atoms with Gasteiger partial charge in [-0.2, -0.15) is 5.26 Å². The Kier molecular flexibility index (Phi) is 5.59. The number of carbonyl (C=O) groups excluding carboxylic acids is 1. The Morgan fingerprint density at radius 1 is 1.03 bits per heavy atom. The number of para-hydroxylation sites is 1. The number of aryl methyl sites for hydroxylation is 1. The minimum absolute atomic E-state index is 0.461. The molecule has 0 spiro atoms. The minimum Gasteiger partial charge on any atom is -0.497 e. The average molecular weight is 411 g/mol. The van der Waals surface area contributed by atoms with E-state index in [2.05, 4.69) is 16.0 Å². The molecule has 31 heavy (non-hydrogen) atoms. The molecule has 0 aliphatic carbocycles. The van der Waals surface area contributed by atoms with Crippen LogP contribution in [0.2, 0.25) is 0 Å². The predicted octanol–water partition coefficient (Wildman–Crippen LogP) is 5.82. The molecule has 0 fully saturated rings. The summed E-state index contributed by atoms with van der Waals surface area (Å²) in [6, 6.07) is 24.3. The van der Waals surface area contributed by atoms with Crippen LogP contribution in [0.4, 0.5) is 10.5 Å². The highest BCUT2D eigenvalue weighted by molar-refractivity contribution is 5.96. The van der Waals surface area contributed by atoms with Crippen molar-refractivity contribution in [3.05, 3.63) is 78.4 Å².